The predicted octanol–water partition coefficient (Wildman–Crippen LogP) is 5.58. The van der Waals surface area contributed by atoms with Crippen LogP contribution in [0.1, 0.15) is 143 Å². The van der Waals surface area contributed by atoms with Gasteiger partial charge in [-0.05, 0) is 40.0 Å². The minimum atomic E-state index is -1.28. The summed E-state index contributed by atoms with van der Waals surface area (Å²) < 4.78 is 26.9. The maximum Gasteiger partial charge on any atom is 0.326 e. The predicted molar refractivity (Wildman–Crippen MR) is 197 cm³/mol. The fourth-order valence-corrected chi connectivity index (χ4v) is 5.14. The molecule has 4 N–H and O–H groups in total. The van der Waals surface area contributed by atoms with Crippen molar-refractivity contribution in [2.45, 2.75) is 154 Å². The molecule has 0 saturated heterocycles. The first kappa shape index (κ1) is 49.2. The molecule has 52 heavy (non-hydrogen) atoms. The standard InChI is InChI=1S/C38H70N2O12/c1-38(2,3)52-36(45)19-17-15-13-11-9-7-5-4-6-8-10-12-14-16-18-33(41)39-23-25-49-27-29-51-31-30-50-28-26-48-24-22-34(42)40-32(37(46)47)20-21-35(43)44/h32H,4-31H2,1-3H3,(H,39,41)(H,40,42)(H,43,44)(H,46,47). The molecule has 0 spiro atoms. The van der Waals surface area contributed by atoms with Gasteiger partial charge >= 0.3 is 17.9 Å². The number of ether oxygens (including phenoxy) is 5. The smallest absolute Gasteiger partial charge is 0.326 e. The summed E-state index contributed by atoms with van der Waals surface area (Å²) in [6, 6.07) is -1.25. The third-order valence-corrected chi connectivity index (χ3v) is 7.89. The van der Waals surface area contributed by atoms with Crippen LogP contribution in [0.2, 0.25) is 0 Å². The normalized spacial score (nSPS) is 12.0. The highest BCUT2D eigenvalue weighted by molar-refractivity contribution is 5.84. The van der Waals surface area contributed by atoms with Crippen LogP contribution in [0, 0.1) is 0 Å². The Hall–Kier alpha value is -2.81. The summed E-state index contributed by atoms with van der Waals surface area (Å²) >= 11 is 0. The van der Waals surface area contributed by atoms with E-state index in [1.807, 2.05) is 20.8 Å². The van der Waals surface area contributed by atoms with E-state index < -0.39 is 23.9 Å². The lowest BCUT2D eigenvalue weighted by molar-refractivity contribution is -0.155. The number of carbonyl (C=O) groups is 5. The molecule has 0 aliphatic carbocycles. The summed E-state index contributed by atoms with van der Waals surface area (Å²) in [5, 5.41) is 22.9. The summed E-state index contributed by atoms with van der Waals surface area (Å²) in [6.45, 7) is 8.84. The van der Waals surface area contributed by atoms with E-state index in [1.54, 1.807) is 0 Å². The van der Waals surface area contributed by atoms with Gasteiger partial charge in [0.15, 0.2) is 0 Å². The van der Waals surface area contributed by atoms with Gasteiger partial charge in [-0.1, -0.05) is 77.0 Å². The Morgan fingerprint density at radius 2 is 0.942 bits per heavy atom. The van der Waals surface area contributed by atoms with E-state index in [2.05, 4.69) is 10.6 Å². The number of aliphatic carboxylic acids is 2. The molecule has 14 heteroatoms. The Balaban J connectivity index is 3.35. The van der Waals surface area contributed by atoms with Gasteiger partial charge in [-0.3, -0.25) is 19.2 Å². The zero-order valence-electron chi connectivity index (χ0n) is 32.4. The van der Waals surface area contributed by atoms with Crippen LogP contribution >= 0.6 is 0 Å². The Bertz CT molecular complexity index is 941. The zero-order valence-corrected chi connectivity index (χ0v) is 32.4. The Morgan fingerprint density at radius 3 is 1.38 bits per heavy atom. The van der Waals surface area contributed by atoms with Gasteiger partial charge in [-0.25, -0.2) is 4.79 Å². The molecule has 0 heterocycles. The van der Waals surface area contributed by atoms with Crippen molar-refractivity contribution in [2.24, 2.45) is 0 Å². The van der Waals surface area contributed by atoms with Crippen LogP contribution < -0.4 is 10.6 Å². The first-order valence-electron chi connectivity index (χ1n) is 19.4. The summed E-state index contributed by atoms with van der Waals surface area (Å²) in [5.41, 5.74) is -0.389. The molecule has 1 atom stereocenters. The molecule has 0 rings (SSSR count). The van der Waals surface area contributed by atoms with Gasteiger partial charge in [-0.2, -0.15) is 0 Å². The molecule has 14 nitrogen and oxygen atoms in total. The first-order chi connectivity index (χ1) is 24.9. The van der Waals surface area contributed by atoms with E-state index in [-0.39, 0.29) is 50.0 Å². The lowest BCUT2D eigenvalue weighted by Gasteiger charge is -2.19. The van der Waals surface area contributed by atoms with Crippen molar-refractivity contribution in [1.29, 1.82) is 0 Å². The van der Waals surface area contributed by atoms with Gasteiger partial charge in [0.25, 0.3) is 0 Å². The lowest BCUT2D eigenvalue weighted by atomic mass is 10.0. The first-order valence-corrected chi connectivity index (χ1v) is 19.4. The molecule has 0 aliphatic heterocycles. The molecule has 0 aliphatic rings. The maximum atomic E-state index is 12.0. The molecule has 0 aromatic carbocycles. The van der Waals surface area contributed by atoms with E-state index in [9.17, 15) is 24.0 Å². The highest BCUT2D eigenvalue weighted by atomic mass is 16.6. The van der Waals surface area contributed by atoms with Crippen LogP contribution in [-0.2, 0) is 47.7 Å². The highest BCUT2D eigenvalue weighted by Gasteiger charge is 2.20. The number of amides is 2. The summed E-state index contributed by atoms with van der Waals surface area (Å²) in [4.78, 5) is 57.2. The highest BCUT2D eigenvalue weighted by Crippen LogP contribution is 2.15. The number of unbranched alkanes of at least 4 members (excludes halogenated alkanes) is 13. The lowest BCUT2D eigenvalue weighted by Crippen LogP contribution is -2.41. The van der Waals surface area contributed by atoms with Crippen molar-refractivity contribution >= 4 is 29.7 Å². The quantitative estimate of drug-likeness (QED) is 0.0456. The summed E-state index contributed by atoms with van der Waals surface area (Å²) in [5.74, 6) is -2.96. The number of carboxylic acid groups (broad SMARTS) is 2. The number of hydrogen-bond acceptors (Lipinski definition) is 10. The molecule has 0 radical (unpaired) electrons. The second-order valence-electron chi connectivity index (χ2n) is 14.0. The number of nitrogens with one attached hydrogen (secondary N) is 2. The zero-order chi connectivity index (χ0) is 38.7. The van der Waals surface area contributed by atoms with E-state index in [4.69, 9.17) is 33.9 Å². The van der Waals surface area contributed by atoms with Crippen LogP contribution in [0.4, 0.5) is 0 Å². The number of rotatable bonds is 37. The molecule has 304 valence electrons. The topological polar surface area (TPSA) is 196 Å². The van der Waals surface area contributed by atoms with Crippen LogP contribution in [0.3, 0.4) is 0 Å². The van der Waals surface area contributed by atoms with Gasteiger partial charge in [-0.15, -0.1) is 0 Å². The molecule has 0 saturated carbocycles. The van der Waals surface area contributed by atoms with Crippen LogP contribution in [0.5, 0.6) is 0 Å². The van der Waals surface area contributed by atoms with Crippen molar-refractivity contribution in [2.75, 3.05) is 59.4 Å². The molecule has 0 fully saturated rings. The largest absolute Gasteiger partial charge is 0.481 e. The fraction of sp³-hybridized carbons (Fsp3) is 0.868. The number of carboxylic acids is 2. The van der Waals surface area contributed by atoms with Gasteiger partial charge in [0.1, 0.15) is 11.6 Å². The maximum absolute atomic E-state index is 12.0. The van der Waals surface area contributed by atoms with E-state index in [0.717, 1.165) is 25.7 Å². The van der Waals surface area contributed by atoms with Crippen LogP contribution in [-0.4, -0.2) is 111 Å². The second kappa shape index (κ2) is 34.0. The van der Waals surface area contributed by atoms with E-state index in [0.29, 0.717) is 59.0 Å². The summed E-state index contributed by atoms with van der Waals surface area (Å²) in [7, 11) is 0. The van der Waals surface area contributed by atoms with Crippen molar-refractivity contribution < 1.29 is 57.9 Å². The van der Waals surface area contributed by atoms with Crippen molar-refractivity contribution in [1.82, 2.24) is 10.6 Å². The van der Waals surface area contributed by atoms with Crippen molar-refractivity contribution in [3.05, 3.63) is 0 Å². The molecular formula is C38H70N2O12. The molecule has 2 amide bonds. The number of hydrogen-bond donors (Lipinski definition) is 4. The third-order valence-electron chi connectivity index (χ3n) is 7.89. The minimum Gasteiger partial charge on any atom is -0.481 e. The fourth-order valence-electron chi connectivity index (χ4n) is 5.14. The van der Waals surface area contributed by atoms with E-state index >= 15 is 0 Å². The van der Waals surface area contributed by atoms with E-state index in [1.165, 1.54) is 64.2 Å². The number of esters is 1. The second-order valence-corrected chi connectivity index (χ2v) is 14.0. The Labute approximate surface area is 311 Å². The average Bonchev–Trinajstić information content (AvgIpc) is 3.07. The number of carbonyl (C=O) groups excluding carboxylic acids is 3. The molecule has 1 unspecified atom stereocenters. The molecule has 0 aromatic rings. The van der Waals surface area contributed by atoms with Gasteiger partial charge in [0, 0.05) is 32.2 Å². The van der Waals surface area contributed by atoms with Crippen molar-refractivity contribution in [3.8, 4) is 0 Å². The SMILES string of the molecule is CC(C)(C)OC(=O)CCCCCCCCCCCCCCCCC(=O)NCCOCCOCCOCCOCCC(=O)NC(CCC(=O)O)C(=O)O. The van der Waals surface area contributed by atoms with Gasteiger partial charge < -0.3 is 44.5 Å². The average molecular weight is 747 g/mol. The molecule has 0 bridgehead atoms. The Kier molecular flexibility index (Phi) is 32.2. The minimum absolute atomic E-state index is 0.0456. The van der Waals surface area contributed by atoms with Crippen molar-refractivity contribution in [3.63, 3.8) is 0 Å². The van der Waals surface area contributed by atoms with Crippen LogP contribution in [0.25, 0.3) is 0 Å². The van der Waals surface area contributed by atoms with Gasteiger partial charge in [0.2, 0.25) is 11.8 Å². The monoisotopic (exact) mass is 746 g/mol. The van der Waals surface area contributed by atoms with Gasteiger partial charge in [0.05, 0.1) is 52.9 Å². The molecular weight excluding hydrogens is 676 g/mol. The third kappa shape index (κ3) is 37.0. The van der Waals surface area contributed by atoms with Crippen LogP contribution in [0.15, 0.2) is 0 Å². The molecule has 0 aromatic heterocycles. The summed E-state index contributed by atoms with van der Waals surface area (Å²) in [6.07, 6.45) is 17.1. The Morgan fingerprint density at radius 1 is 0.519 bits per heavy atom.